The van der Waals surface area contributed by atoms with E-state index in [-0.39, 0.29) is 52.0 Å². The number of hydrogen-bond donors (Lipinski definition) is 0. The van der Waals surface area contributed by atoms with E-state index in [0.717, 1.165) is 22.5 Å². The topological polar surface area (TPSA) is 71.1 Å². The molecule has 0 aliphatic carbocycles. The minimum absolute atomic E-state index is 0. The van der Waals surface area contributed by atoms with Crippen LogP contribution in [-0.4, -0.2) is 67.5 Å². The quantitative estimate of drug-likeness (QED) is 0.247. The molecule has 2 aromatic carbocycles. The SMILES string of the molecule is CC(C)N1C(=[N-])N(C(C)C)c2ccccc2-c2ccccc21.C[Si](C)(C)[N-][Si](C)(C)C.C[Si](C)(C)[N-][Si](C)(C)C.C[Si](C)(C)[N-][Si](C)(C)C.[Th+4]. The molecule has 0 saturated carbocycles. The monoisotopic (exact) mass is 1000 g/mol. The second kappa shape index (κ2) is 20.8. The van der Waals surface area contributed by atoms with Gasteiger partial charge in [-0.15, -0.1) is 0 Å². The summed E-state index contributed by atoms with van der Waals surface area (Å²) in [5.74, 6) is 0.294. The van der Waals surface area contributed by atoms with E-state index in [1.54, 1.807) is 0 Å². The van der Waals surface area contributed by atoms with Crippen LogP contribution in [0.3, 0.4) is 0 Å². The van der Waals surface area contributed by atoms with E-state index in [0.29, 0.717) is 5.96 Å². The normalized spacial score (nSPS) is 13.8. The van der Waals surface area contributed by atoms with Crippen LogP contribution in [0.4, 0.5) is 11.4 Å². The third-order valence-electron chi connectivity index (χ3n) is 6.09. The Kier molecular flexibility index (Phi) is 21.7. The van der Waals surface area contributed by atoms with Gasteiger partial charge in [-0.2, -0.15) is 0 Å². The molecule has 0 spiro atoms. The number of nitrogens with zero attached hydrogens (tertiary/aromatic N) is 6. The van der Waals surface area contributed by atoms with Gasteiger partial charge in [0.25, 0.3) is 0 Å². The molecular formula is C37H76N6Si6Th. The number of anilines is 2. The van der Waals surface area contributed by atoms with Crippen molar-refractivity contribution in [1.82, 2.24) is 0 Å². The van der Waals surface area contributed by atoms with Crippen molar-refractivity contribution in [3.8, 4) is 11.1 Å². The van der Waals surface area contributed by atoms with Gasteiger partial charge in [0.05, 0.1) is 0 Å². The summed E-state index contributed by atoms with van der Waals surface area (Å²) < 4.78 is 14.5. The van der Waals surface area contributed by atoms with Gasteiger partial charge in [0.15, 0.2) is 0 Å². The molecule has 3 rings (SSSR count). The average molecular weight is 1010 g/mol. The third-order valence-corrected chi connectivity index (χ3v) is 22.2. The number of fused-ring (bicyclic) bond motifs is 3. The van der Waals surface area contributed by atoms with Crippen molar-refractivity contribution >= 4 is 66.7 Å². The van der Waals surface area contributed by atoms with Crippen molar-refractivity contribution in [2.24, 2.45) is 0 Å². The van der Waals surface area contributed by atoms with Gasteiger partial charge in [0.2, 0.25) is 0 Å². The summed E-state index contributed by atoms with van der Waals surface area (Å²) in [6, 6.07) is 16.9. The van der Waals surface area contributed by atoms with E-state index in [4.69, 9.17) is 13.9 Å². The molecule has 1 aliphatic heterocycles. The van der Waals surface area contributed by atoms with Gasteiger partial charge >= 0.3 is 39.9 Å². The molecule has 0 unspecified atom stereocenters. The van der Waals surface area contributed by atoms with E-state index >= 15 is 0 Å². The Hall–Kier alpha value is 0.216. The summed E-state index contributed by atoms with van der Waals surface area (Å²) >= 11 is 0. The molecule has 1 aliphatic rings. The molecule has 13 heteroatoms. The first-order valence-electron chi connectivity index (χ1n) is 18.2. The van der Waals surface area contributed by atoms with E-state index in [1.165, 1.54) is 0 Å². The standard InChI is InChI=1S/C19H22N3.3C6H18NSi2.Th/c1-13(2)21-17-11-7-5-9-15(17)16-10-6-8-12-18(16)22(14(3)4)19(21)20;3*1-8(2,3)7-9(4,5)6;/h5-14H,1-4H3;3*1-6H3;/q4*-1;+4. The van der Waals surface area contributed by atoms with Gasteiger partial charge in [-0.1, -0.05) is 243 Å². The molecule has 6 nitrogen and oxygen atoms in total. The molecule has 0 fully saturated rings. The number of hydrogen-bond acceptors (Lipinski definition) is 0. The van der Waals surface area contributed by atoms with Crippen molar-refractivity contribution in [3.63, 3.8) is 0 Å². The smallest absolute Gasteiger partial charge is 0.668 e. The first-order valence-corrected chi connectivity index (χ1v) is 38.9. The maximum Gasteiger partial charge on any atom is 4.00 e. The van der Waals surface area contributed by atoms with Crippen molar-refractivity contribution in [1.29, 1.82) is 0 Å². The largest absolute Gasteiger partial charge is 4.00 e. The van der Waals surface area contributed by atoms with E-state index < -0.39 is 49.4 Å². The van der Waals surface area contributed by atoms with Crippen LogP contribution < -0.4 is 9.80 Å². The second-order valence-corrected chi connectivity index (χ2v) is 48.4. The zero-order valence-electron chi connectivity index (χ0n) is 36.5. The first kappa shape index (κ1) is 52.3. The van der Waals surface area contributed by atoms with Crippen molar-refractivity contribution in [3.05, 3.63) is 67.9 Å². The zero-order valence-corrected chi connectivity index (χ0v) is 46.6. The van der Waals surface area contributed by atoms with Gasteiger partial charge in [0, 0.05) is 5.96 Å². The Balaban J connectivity index is 0. The number of para-hydroxylation sites is 2. The van der Waals surface area contributed by atoms with Gasteiger partial charge in [-0.3, -0.25) is 0 Å². The molecule has 282 valence electrons. The molecule has 0 saturated heterocycles. The van der Waals surface area contributed by atoms with E-state index in [9.17, 15) is 5.41 Å². The Morgan fingerprint density at radius 1 is 0.420 bits per heavy atom. The predicted octanol–water partition coefficient (Wildman–Crippen LogP) is 13.8. The van der Waals surface area contributed by atoms with Crippen molar-refractivity contribution in [2.75, 3.05) is 9.80 Å². The summed E-state index contributed by atoms with van der Waals surface area (Å²) in [5.41, 5.74) is 4.40. The van der Waals surface area contributed by atoms with Crippen molar-refractivity contribution in [2.45, 2.75) is 158 Å². The van der Waals surface area contributed by atoms with Crippen LogP contribution in [0.5, 0.6) is 0 Å². The fourth-order valence-electron chi connectivity index (χ4n) is 6.19. The van der Waals surface area contributed by atoms with Gasteiger partial charge in [-0.25, -0.2) is 0 Å². The van der Waals surface area contributed by atoms with Crippen LogP contribution in [0, 0.1) is 39.9 Å². The summed E-state index contributed by atoms with van der Waals surface area (Å²) in [5, 5.41) is 11.0. The summed E-state index contributed by atoms with van der Waals surface area (Å²) in [6.07, 6.45) is 0. The van der Waals surface area contributed by atoms with E-state index in [2.05, 4.69) is 182 Å². The van der Waals surface area contributed by atoms with E-state index in [1.807, 2.05) is 21.9 Å². The molecule has 1 heterocycles. The fourth-order valence-corrected chi connectivity index (χ4v) is 30.3. The van der Waals surface area contributed by atoms with Crippen LogP contribution in [-0.2, 0) is 0 Å². The Morgan fingerprint density at radius 3 is 0.780 bits per heavy atom. The Morgan fingerprint density at radius 2 is 0.620 bits per heavy atom. The van der Waals surface area contributed by atoms with Crippen molar-refractivity contribution < 1.29 is 39.9 Å². The summed E-state index contributed by atoms with van der Waals surface area (Å²) in [6.45, 7) is 49.7. The molecule has 0 N–H and O–H groups in total. The molecule has 0 radical (unpaired) electrons. The maximum absolute atomic E-state index is 11.0. The number of guanidine groups is 1. The molecule has 0 aromatic heterocycles. The molecule has 2 aromatic rings. The molecular weight excluding hydrogens is 929 g/mol. The molecule has 0 bridgehead atoms. The summed E-state index contributed by atoms with van der Waals surface area (Å²) in [7, 11) is -6.64. The van der Waals surface area contributed by atoms with Gasteiger partial charge in [-0.05, 0) is 34.6 Å². The minimum atomic E-state index is -1.11. The predicted molar refractivity (Wildman–Crippen MR) is 246 cm³/mol. The van der Waals surface area contributed by atoms with Crippen LogP contribution >= 0.6 is 0 Å². The summed E-state index contributed by atoms with van der Waals surface area (Å²) in [4.78, 5) is 4.02. The first-order chi connectivity index (χ1) is 21.6. The Labute approximate surface area is 349 Å². The third kappa shape index (κ3) is 23.1. The maximum atomic E-state index is 11.0. The van der Waals surface area contributed by atoms with Crippen LogP contribution in [0.1, 0.15) is 27.7 Å². The average Bonchev–Trinajstić information content (AvgIpc) is 2.90. The zero-order chi connectivity index (χ0) is 39.0. The Bertz CT molecular complexity index is 1140. The number of rotatable bonds is 8. The van der Waals surface area contributed by atoms with Gasteiger partial charge < -0.3 is 29.2 Å². The van der Waals surface area contributed by atoms with Crippen LogP contribution in [0.2, 0.25) is 118 Å². The fraction of sp³-hybridized carbons (Fsp3) is 0.649. The van der Waals surface area contributed by atoms with Gasteiger partial charge in [0.1, 0.15) is 0 Å². The molecule has 0 atom stereocenters. The number of benzene rings is 2. The minimum Gasteiger partial charge on any atom is -0.668 e. The molecule has 0 amide bonds. The second-order valence-electron chi connectivity index (χ2n) is 19.6. The van der Waals surface area contributed by atoms with Crippen LogP contribution in [0.25, 0.3) is 30.5 Å². The molecule has 50 heavy (non-hydrogen) atoms. The van der Waals surface area contributed by atoms with Crippen LogP contribution in [0.15, 0.2) is 48.5 Å².